The van der Waals surface area contributed by atoms with Gasteiger partial charge in [0.2, 0.25) is 5.91 Å². The molecule has 4 aromatic rings. The van der Waals surface area contributed by atoms with Gasteiger partial charge in [-0.3, -0.25) is 9.59 Å². The van der Waals surface area contributed by atoms with Gasteiger partial charge in [0.05, 0.1) is 6.42 Å². The van der Waals surface area contributed by atoms with Gasteiger partial charge in [0, 0.05) is 42.9 Å². The van der Waals surface area contributed by atoms with E-state index in [2.05, 4.69) is 67.4 Å². The number of hydrogen-bond donors (Lipinski definition) is 1. The minimum absolute atomic E-state index is 0.0160. The van der Waals surface area contributed by atoms with E-state index in [1.54, 1.807) is 0 Å². The van der Waals surface area contributed by atoms with E-state index in [1.807, 2.05) is 30.0 Å². The maximum atomic E-state index is 13.0. The molecule has 0 radical (unpaired) electrons. The number of unbranched alkanes of at least 4 members (excludes halogenated alkanes) is 1. The first kappa shape index (κ1) is 25.5. The van der Waals surface area contributed by atoms with E-state index in [9.17, 15) is 9.59 Å². The summed E-state index contributed by atoms with van der Waals surface area (Å²) in [6.07, 6.45) is 4.85. The van der Waals surface area contributed by atoms with Crippen LogP contribution in [0.5, 0.6) is 0 Å². The lowest BCUT2D eigenvalue weighted by molar-refractivity contribution is -0.129. The lowest BCUT2D eigenvalue weighted by atomic mass is 9.98. The number of nitrogens with zero attached hydrogens (tertiary/aromatic N) is 6. The number of tetrazole rings is 1. The van der Waals surface area contributed by atoms with Crippen LogP contribution in [0.2, 0.25) is 0 Å². The molecule has 1 amide bonds. The number of hydrogen-bond acceptors (Lipinski definition) is 6. The van der Waals surface area contributed by atoms with E-state index >= 15 is 0 Å². The van der Waals surface area contributed by atoms with Gasteiger partial charge in [0.1, 0.15) is 5.82 Å². The van der Waals surface area contributed by atoms with Crippen LogP contribution in [0.15, 0.2) is 53.3 Å². The minimum atomic E-state index is -0.272. The average Bonchev–Trinajstić information content (AvgIpc) is 3.67. The maximum absolute atomic E-state index is 13.0. The molecule has 0 unspecified atom stereocenters. The Morgan fingerprint density at radius 1 is 1.03 bits per heavy atom. The van der Waals surface area contributed by atoms with Crippen LogP contribution in [0.25, 0.3) is 22.5 Å². The van der Waals surface area contributed by atoms with Gasteiger partial charge in [-0.2, -0.15) is 4.98 Å². The van der Waals surface area contributed by atoms with Crippen LogP contribution in [0.4, 0.5) is 0 Å². The number of nitrogens with one attached hydrogen (secondary N) is 1. The Bertz CT molecular complexity index is 1450. The molecular weight excluding hydrogens is 478 g/mol. The summed E-state index contributed by atoms with van der Waals surface area (Å²) in [5.41, 5.74) is 5.18. The smallest absolute Gasteiger partial charge is 0.276 e. The summed E-state index contributed by atoms with van der Waals surface area (Å²) < 4.78 is 2.12. The second kappa shape index (κ2) is 11.5. The van der Waals surface area contributed by atoms with Gasteiger partial charge < -0.3 is 9.47 Å². The van der Waals surface area contributed by atoms with Gasteiger partial charge in [-0.15, -0.1) is 5.10 Å². The first-order valence-electron chi connectivity index (χ1n) is 13.3. The molecule has 9 nitrogen and oxygen atoms in total. The zero-order valence-electron chi connectivity index (χ0n) is 22.0. The van der Waals surface area contributed by atoms with E-state index in [0.717, 1.165) is 79.0 Å². The van der Waals surface area contributed by atoms with Gasteiger partial charge in [-0.05, 0) is 53.3 Å². The molecule has 0 saturated carbocycles. The summed E-state index contributed by atoms with van der Waals surface area (Å²) in [5.74, 6) is 1.41. The Morgan fingerprint density at radius 2 is 1.76 bits per heavy atom. The van der Waals surface area contributed by atoms with Crippen molar-refractivity contribution < 1.29 is 4.79 Å². The lowest BCUT2D eigenvalue weighted by Gasteiger charge is -2.20. The van der Waals surface area contributed by atoms with Crippen LogP contribution >= 0.6 is 0 Å². The fraction of sp³-hybridized carbons (Fsp3) is 0.379. The highest BCUT2D eigenvalue weighted by molar-refractivity contribution is 5.80. The van der Waals surface area contributed by atoms with Gasteiger partial charge in [0.15, 0.2) is 5.82 Å². The molecular formula is C29H33N7O2. The van der Waals surface area contributed by atoms with Crippen LogP contribution in [-0.4, -0.2) is 54.1 Å². The number of aromatic nitrogens is 6. The highest BCUT2D eigenvalue weighted by Gasteiger charge is 2.22. The Balaban J connectivity index is 1.44. The molecule has 2 aromatic carbocycles. The minimum Gasteiger partial charge on any atom is -0.342 e. The number of carbonyl (C=O) groups excluding carboxylic acids is 1. The lowest BCUT2D eigenvalue weighted by Crippen LogP contribution is -2.33. The Kier molecular flexibility index (Phi) is 7.72. The molecule has 1 aliphatic rings. The molecule has 1 fully saturated rings. The molecule has 5 rings (SSSR count). The fourth-order valence-corrected chi connectivity index (χ4v) is 5.11. The fourth-order valence-electron chi connectivity index (χ4n) is 5.11. The van der Waals surface area contributed by atoms with E-state index in [-0.39, 0.29) is 17.9 Å². The number of likely N-dealkylation sites (tertiary alicyclic amines) is 1. The molecule has 2 aromatic heterocycles. The van der Waals surface area contributed by atoms with E-state index in [4.69, 9.17) is 0 Å². The van der Waals surface area contributed by atoms with Crippen LogP contribution in [0.3, 0.4) is 0 Å². The Hall–Kier alpha value is -4.14. The van der Waals surface area contributed by atoms with Crippen LogP contribution in [0, 0.1) is 6.92 Å². The van der Waals surface area contributed by atoms with Crippen LogP contribution in [0.1, 0.15) is 55.3 Å². The largest absolute Gasteiger partial charge is 0.342 e. The number of benzene rings is 2. The van der Waals surface area contributed by atoms with Crippen LogP contribution in [-0.2, 0) is 24.2 Å². The Labute approximate surface area is 221 Å². The second-order valence-electron chi connectivity index (χ2n) is 9.84. The predicted molar refractivity (Wildman–Crippen MR) is 146 cm³/mol. The molecule has 0 bridgehead atoms. The molecule has 9 heteroatoms. The molecule has 0 aliphatic carbocycles. The SMILES string of the molecule is CCCCc1nc(=O)c(CC(=O)N2CCCC2)c(C)n1Cc1ccc(-c2ccccc2-c2nnn[nH]2)cc1. The van der Waals surface area contributed by atoms with E-state index < -0.39 is 0 Å². The van der Waals surface area contributed by atoms with Crippen molar-refractivity contribution in [3.8, 4) is 22.5 Å². The number of amides is 1. The zero-order chi connectivity index (χ0) is 26.5. The quantitative estimate of drug-likeness (QED) is 0.364. The summed E-state index contributed by atoms with van der Waals surface area (Å²) in [4.78, 5) is 32.2. The summed E-state index contributed by atoms with van der Waals surface area (Å²) >= 11 is 0. The first-order valence-corrected chi connectivity index (χ1v) is 13.3. The monoisotopic (exact) mass is 511 g/mol. The normalized spacial score (nSPS) is 13.3. The summed E-state index contributed by atoms with van der Waals surface area (Å²) in [5, 5.41) is 14.3. The highest BCUT2D eigenvalue weighted by Crippen LogP contribution is 2.30. The molecule has 1 saturated heterocycles. The summed E-state index contributed by atoms with van der Waals surface area (Å²) in [6, 6.07) is 16.4. The number of rotatable bonds is 9. The molecule has 38 heavy (non-hydrogen) atoms. The first-order chi connectivity index (χ1) is 18.5. The van der Waals surface area contributed by atoms with Crippen molar-refractivity contribution in [3.05, 3.63) is 81.5 Å². The number of H-pyrrole nitrogens is 1. The van der Waals surface area contributed by atoms with E-state index in [0.29, 0.717) is 17.9 Å². The van der Waals surface area contributed by atoms with Crippen molar-refractivity contribution >= 4 is 5.91 Å². The molecule has 0 atom stereocenters. The van der Waals surface area contributed by atoms with Gasteiger partial charge >= 0.3 is 0 Å². The molecule has 196 valence electrons. The zero-order valence-corrected chi connectivity index (χ0v) is 22.0. The number of aryl methyl sites for hydroxylation is 1. The number of aromatic amines is 1. The third-order valence-corrected chi connectivity index (χ3v) is 7.32. The van der Waals surface area contributed by atoms with Crippen molar-refractivity contribution in [1.29, 1.82) is 0 Å². The second-order valence-corrected chi connectivity index (χ2v) is 9.84. The Morgan fingerprint density at radius 3 is 2.45 bits per heavy atom. The molecule has 1 aliphatic heterocycles. The predicted octanol–water partition coefficient (Wildman–Crippen LogP) is 3.95. The third kappa shape index (κ3) is 5.41. The van der Waals surface area contributed by atoms with Crippen molar-refractivity contribution in [2.75, 3.05) is 13.1 Å². The summed E-state index contributed by atoms with van der Waals surface area (Å²) in [6.45, 7) is 6.20. The van der Waals surface area contributed by atoms with Crippen molar-refractivity contribution in [1.82, 2.24) is 35.1 Å². The molecule has 1 N–H and O–H groups in total. The standard InChI is InChI=1S/C29H33N7O2/c1-3-4-11-26-30-29(38)25(18-27(37)35-16-7-8-17-35)20(2)36(26)19-21-12-14-22(15-13-21)23-9-5-6-10-24(23)28-31-33-34-32-28/h5-6,9-10,12-15H,3-4,7-8,11,16-19H2,1-2H3,(H,31,32,33,34). The van der Waals surface area contributed by atoms with Crippen LogP contribution < -0.4 is 5.56 Å². The van der Waals surface area contributed by atoms with E-state index in [1.165, 1.54) is 0 Å². The number of carbonyl (C=O) groups is 1. The summed E-state index contributed by atoms with van der Waals surface area (Å²) in [7, 11) is 0. The highest BCUT2D eigenvalue weighted by atomic mass is 16.2. The molecule has 0 spiro atoms. The van der Waals surface area contributed by atoms with Crippen molar-refractivity contribution in [3.63, 3.8) is 0 Å². The van der Waals surface area contributed by atoms with Gasteiger partial charge in [0.25, 0.3) is 5.56 Å². The third-order valence-electron chi connectivity index (χ3n) is 7.32. The van der Waals surface area contributed by atoms with Crippen molar-refractivity contribution in [2.45, 2.75) is 58.9 Å². The maximum Gasteiger partial charge on any atom is 0.276 e. The average molecular weight is 512 g/mol. The van der Waals surface area contributed by atoms with Gasteiger partial charge in [-0.1, -0.05) is 61.9 Å². The van der Waals surface area contributed by atoms with Gasteiger partial charge in [-0.25, -0.2) is 5.10 Å². The topological polar surface area (TPSA) is 110 Å². The van der Waals surface area contributed by atoms with Crippen molar-refractivity contribution in [2.24, 2.45) is 0 Å². The molecule has 3 heterocycles.